The van der Waals surface area contributed by atoms with E-state index in [4.69, 9.17) is 15.6 Å². The van der Waals surface area contributed by atoms with Crippen molar-refractivity contribution in [3.05, 3.63) is 39.5 Å². The molecule has 0 bridgehead atoms. The number of anilines is 1. The van der Waals surface area contributed by atoms with Gasteiger partial charge in [0, 0.05) is 5.56 Å². The normalized spacial score (nSPS) is 15.3. The van der Waals surface area contributed by atoms with Crippen LogP contribution in [-0.2, 0) is 22.6 Å². The monoisotopic (exact) mass is 317 g/mol. The molecule has 1 aliphatic rings. The predicted molar refractivity (Wildman–Crippen MR) is 88.3 cm³/mol. The molecule has 1 aliphatic heterocycles. The van der Waals surface area contributed by atoms with E-state index >= 15 is 0 Å². The lowest BCUT2D eigenvalue weighted by atomic mass is 9.90. The fraction of sp³-hybridized carbons (Fsp3) is 0.444. The summed E-state index contributed by atoms with van der Waals surface area (Å²) in [6.45, 7) is 7.86. The van der Waals surface area contributed by atoms with Crippen LogP contribution in [0.1, 0.15) is 52.9 Å². The topological polar surface area (TPSA) is 89.6 Å². The summed E-state index contributed by atoms with van der Waals surface area (Å²) in [5.74, 6) is -1.58. The minimum Gasteiger partial charge on any atom is -0.481 e. The minimum atomic E-state index is -0.801. The second kappa shape index (κ2) is 6.44. The molecule has 0 radical (unpaired) electrons. The number of hydrogen-bond acceptors (Lipinski definition) is 4. The van der Waals surface area contributed by atoms with Gasteiger partial charge >= 0.3 is 11.9 Å². The lowest BCUT2D eigenvalue weighted by molar-refractivity contribution is -0.141. The van der Waals surface area contributed by atoms with Crippen LogP contribution in [0.3, 0.4) is 0 Å². The van der Waals surface area contributed by atoms with Crippen molar-refractivity contribution in [2.24, 2.45) is 5.92 Å². The number of cyclic esters (lactones) is 1. The maximum atomic E-state index is 11.9. The van der Waals surface area contributed by atoms with Gasteiger partial charge in [0.25, 0.3) is 0 Å². The van der Waals surface area contributed by atoms with E-state index in [1.54, 1.807) is 6.92 Å². The van der Waals surface area contributed by atoms with Gasteiger partial charge in [0.1, 0.15) is 6.61 Å². The number of fused-ring (bicyclic) bond motifs is 1. The van der Waals surface area contributed by atoms with E-state index in [-0.39, 0.29) is 12.6 Å². The highest BCUT2D eigenvalue weighted by Crippen LogP contribution is 2.35. The van der Waals surface area contributed by atoms with Crippen molar-refractivity contribution in [2.75, 3.05) is 5.73 Å². The number of esters is 1. The number of nitrogen functional groups attached to an aromatic ring is 1. The van der Waals surface area contributed by atoms with Crippen LogP contribution in [0.15, 0.2) is 11.6 Å². The molecular formula is C18H23NO4. The molecule has 0 saturated heterocycles. The zero-order valence-electron chi connectivity index (χ0n) is 14.0. The van der Waals surface area contributed by atoms with Crippen molar-refractivity contribution in [1.29, 1.82) is 0 Å². The van der Waals surface area contributed by atoms with Crippen LogP contribution in [0.4, 0.5) is 5.69 Å². The maximum Gasteiger partial charge on any atom is 0.341 e. The van der Waals surface area contributed by atoms with Crippen LogP contribution in [-0.4, -0.2) is 17.0 Å². The first-order valence-electron chi connectivity index (χ1n) is 7.70. The Morgan fingerprint density at radius 3 is 2.65 bits per heavy atom. The number of allylic oxidation sites excluding steroid dienone is 2. The average Bonchev–Trinajstić information content (AvgIpc) is 2.86. The number of ether oxygens (including phenoxy) is 1. The number of benzene rings is 1. The van der Waals surface area contributed by atoms with Gasteiger partial charge in [0.2, 0.25) is 0 Å². The Hall–Kier alpha value is -2.30. The Morgan fingerprint density at radius 2 is 2.04 bits per heavy atom. The molecule has 23 heavy (non-hydrogen) atoms. The lowest BCUT2D eigenvalue weighted by Crippen LogP contribution is -2.10. The van der Waals surface area contributed by atoms with Gasteiger partial charge in [-0.1, -0.05) is 18.6 Å². The average molecular weight is 317 g/mol. The highest BCUT2D eigenvalue weighted by molar-refractivity contribution is 6.00. The molecule has 0 spiro atoms. The molecule has 5 heteroatoms. The number of nitrogens with two attached hydrogens (primary N) is 1. The van der Waals surface area contributed by atoms with Gasteiger partial charge in [-0.15, -0.1) is 0 Å². The summed E-state index contributed by atoms with van der Waals surface area (Å²) in [4.78, 5) is 22.8. The van der Waals surface area contributed by atoms with Crippen LogP contribution in [0.25, 0.3) is 0 Å². The van der Waals surface area contributed by atoms with Crippen molar-refractivity contribution in [3.63, 3.8) is 0 Å². The number of carbonyl (C=O) groups excluding carboxylic acids is 1. The summed E-state index contributed by atoms with van der Waals surface area (Å²) in [6, 6.07) is 0. The molecule has 2 rings (SSSR count). The second-order valence-electron chi connectivity index (χ2n) is 6.27. The van der Waals surface area contributed by atoms with Gasteiger partial charge in [-0.25, -0.2) is 4.79 Å². The molecule has 1 heterocycles. The molecule has 0 fully saturated rings. The van der Waals surface area contributed by atoms with Gasteiger partial charge in [0.15, 0.2) is 0 Å². The third-order valence-electron chi connectivity index (χ3n) is 4.62. The van der Waals surface area contributed by atoms with Crippen molar-refractivity contribution in [2.45, 2.75) is 47.1 Å². The quantitative estimate of drug-likeness (QED) is 0.494. The second-order valence-corrected chi connectivity index (χ2v) is 6.27. The molecule has 3 N–H and O–H groups in total. The lowest BCUT2D eigenvalue weighted by Gasteiger charge is -2.15. The molecule has 0 aliphatic carbocycles. The van der Waals surface area contributed by atoms with E-state index in [1.807, 2.05) is 26.8 Å². The molecule has 5 nitrogen and oxygen atoms in total. The summed E-state index contributed by atoms with van der Waals surface area (Å²) in [7, 11) is 0. The summed E-state index contributed by atoms with van der Waals surface area (Å²) < 4.78 is 5.10. The highest BCUT2D eigenvalue weighted by Gasteiger charge is 2.29. The Balaban J connectivity index is 2.31. The SMILES string of the molecule is CC(=CCc1c(C)c(C)c2c(c1N)C(=O)OC2)C[C@H](C)C(=O)O. The largest absolute Gasteiger partial charge is 0.481 e. The summed E-state index contributed by atoms with van der Waals surface area (Å²) >= 11 is 0. The maximum absolute atomic E-state index is 11.9. The fourth-order valence-corrected chi connectivity index (χ4v) is 2.97. The van der Waals surface area contributed by atoms with E-state index in [2.05, 4.69) is 0 Å². The van der Waals surface area contributed by atoms with Gasteiger partial charge < -0.3 is 15.6 Å². The summed E-state index contributed by atoms with van der Waals surface area (Å²) in [5.41, 5.74) is 12.1. The Kier molecular flexibility index (Phi) is 4.78. The predicted octanol–water partition coefficient (Wildman–Crippen LogP) is 3.16. The van der Waals surface area contributed by atoms with Crippen LogP contribution >= 0.6 is 0 Å². The minimum absolute atomic E-state index is 0.288. The number of carboxylic acids is 1. The number of carbonyl (C=O) groups is 2. The molecular weight excluding hydrogens is 294 g/mol. The summed E-state index contributed by atoms with van der Waals surface area (Å²) in [6.07, 6.45) is 3.07. The molecule has 0 aromatic heterocycles. The van der Waals surface area contributed by atoms with Crippen LogP contribution in [0, 0.1) is 19.8 Å². The fourth-order valence-electron chi connectivity index (χ4n) is 2.97. The van der Waals surface area contributed by atoms with Crippen molar-refractivity contribution in [1.82, 2.24) is 0 Å². The zero-order valence-corrected chi connectivity index (χ0v) is 14.0. The van der Waals surface area contributed by atoms with Crippen molar-refractivity contribution >= 4 is 17.6 Å². The first-order valence-corrected chi connectivity index (χ1v) is 7.70. The van der Waals surface area contributed by atoms with Crippen LogP contribution in [0.5, 0.6) is 0 Å². The van der Waals surface area contributed by atoms with E-state index in [9.17, 15) is 9.59 Å². The Morgan fingerprint density at radius 1 is 1.39 bits per heavy atom. The molecule has 0 unspecified atom stereocenters. The number of hydrogen-bond donors (Lipinski definition) is 2. The highest BCUT2D eigenvalue weighted by atomic mass is 16.5. The van der Waals surface area contributed by atoms with E-state index in [0.29, 0.717) is 24.1 Å². The smallest absolute Gasteiger partial charge is 0.341 e. The Bertz CT molecular complexity index is 704. The van der Waals surface area contributed by atoms with Gasteiger partial charge in [-0.2, -0.15) is 0 Å². The van der Waals surface area contributed by atoms with E-state index in [0.717, 1.165) is 27.8 Å². The first kappa shape index (κ1) is 17.1. The molecule has 0 saturated carbocycles. The van der Waals surface area contributed by atoms with E-state index < -0.39 is 11.9 Å². The van der Waals surface area contributed by atoms with E-state index in [1.165, 1.54) is 0 Å². The first-order chi connectivity index (χ1) is 10.7. The van der Waals surface area contributed by atoms with Crippen LogP contribution in [0.2, 0.25) is 0 Å². The third kappa shape index (κ3) is 3.23. The van der Waals surface area contributed by atoms with Gasteiger partial charge in [-0.3, -0.25) is 4.79 Å². The van der Waals surface area contributed by atoms with Gasteiger partial charge in [-0.05, 0) is 50.3 Å². The summed E-state index contributed by atoms with van der Waals surface area (Å²) in [5, 5.41) is 8.98. The molecule has 124 valence electrons. The molecule has 1 aromatic rings. The molecule has 1 aromatic carbocycles. The number of rotatable bonds is 5. The number of aliphatic carboxylic acids is 1. The Labute approximate surface area is 136 Å². The standard InChI is InChI=1S/C18H23NO4/c1-9(7-10(2)17(20)21)5-6-13-11(3)12(4)14-8-23-18(22)15(14)16(13)19/h5,10H,6-8,19H2,1-4H3,(H,20,21)/t10-/m0/s1. The van der Waals surface area contributed by atoms with Crippen LogP contribution < -0.4 is 5.73 Å². The molecule has 1 atom stereocenters. The number of carboxylic acid groups (broad SMARTS) is 1. The van der Waals surface area contributed by atoms with Crippen molar-refractivity contribution in [3.8, 4) is 0 Å². The third-order valence-corrected chi connectivity index (χ3v) is 4.62. The molecule has 0 amide bonds. The zero-order chi connectivity index (χ0) is 17.3. The van der Waals surface area contributed by atoms with Gasteiger partial charge in [0.05, 0.1) is 17.2 Å². The van der Waals surface area contributed by atoms with Crippen molar-refractivity contribution < 1.29 is 19.4 Å².